The maximum atomic E-state index is 11.6. The van der Waals surface area contributed by atoms with Gasteiger partial charge < -0.3 is 15.5 Å². The van der Waals surface area contributed by atoms with E-state index >= 15 is 0 Å². The molecule has 0 fully saturated rings. The van der Waals surface area contributed by atoms with Gasteiger partial charge in [-0.2, -0.15) is 0 Å². The van der Waals surface area contributed by atoms with Crippen molar-refractivity contribution in [3.05, 3.63) is 35.9 Å². The van der Waals surface area contributed by atoms with E-state index in [0.717, 1.165) is 0 Å². The second-order valence-corrected chi connectivity index (χ2v) is 3.97. The second-order valence-electron chi connectivity index (χ2n) is 3.03. The fourth-order valence-corrected chi connectivity index (χ4v) is 1.42. The van der Waals surface area contributed by atoms with E-state index in [1.807, 2.05) is 0 Å². The van der Waals surface area contributed by atoms with Crippen molar-refractivity contribution in [2.75, 3.05) is 0 Å². The average molecular weight is 288 g/mol. The van der Waals surface area contributed by atoms with Crippen molar-refractivity contribution in [2.24, 2.45) is 0 Å². The average Bonchev–Trinajstić information content (AvgIpc) is 2.25. The molecule has 86 valence electrons. The molecule has 0 bridgehead atoms. The Morgan fingerprint density at radius 1 is 1.25 bits per heavy atom. The van der Waals surface area contributed by atoms with Gasteiger partial charge in [-0.05, 0) is 12.1 Å². The van der Waals surface area contributed by atoms with Crippen LogP contribution in [0.25, 0.3) is 0 Å². The number of aliphatic hydroxyl groups is 1. The zero-order chi connectivity index (χ0) is 12.1. The molecule has 5 nitrogen and oxygen atoms in total. The van der Waals surface area contributed by atoms with Gasteiger partial charge in [0.25, 0.3) is 5.91 Å². The third-order valence-corrected chi connectivity index (χ3v) is 2.39. The van der Waals surface area contributed by atoms with Crippen molar-refractivity contribution >= 4 is 27.8 Å². The molecular formula is C10H10BrNO4. The number of aliphatic carboxylic acids is 1. The number of benzene rings is 1. The lowest BCUT2D eigenvalue weighted by Gasteiger charge is -2.15. The smallest absolute Gasteiger partial charge is 0.329 e. The highest BCUT2D eigenvalue weighted by molar-refractivity contribution is 9.09. The summed E-state index contributed by atoms with van der Waals surface area (Å²) < 4.78 is 0. The number of hydrogen-bond acceptors (Lipinski definition) is 3. The molecule has 0 spiro atoms. The molecule has 3 N–H and O–H groups in total. The Hall–Kier alpha value is -1.40. The summed E-state index contributed by atoms with van der Waals surface area (Å²) in [5.74, 6) is -1.86. The predicted molar refractivity (Wildman–Crippen MR) is 60.3 cm³/mol. The van der Waals surface area contributed by atoms with Crippen molar-refractivity contribution in [1.82, 2.24) is 5.32 Å². The molecule has 16 heavy (non-hydrogen) atoms. The maximum Gasteiger partial charge on any atom is 0.329 e. The fourth-order valence-electron chi connectivity index (χ4n) is 1.06. The molecule has 1 aromatic rings. The van der Waals surface area contributed by atoms with E-state index in [1.54, 1.807) is 30.3 Å². The minimum atomic E-state index is -1.38. The minimum Gasteiger partial charge on any atom is -0.480 e. The summed E-state index contributed by atoms with van der Waals surface area (Å²) in [4.78, 5) is 22.3. The van der Waals surface area contributed by atoms with Crippen LogP contribution in [0.15, 0.2) is 30.3 Å². The Kier molecular flexibility index (Phi) is 4.45. The van der Waals surface area contributed by atoms with E-state index in [-0.39, 0.29) is 0 Å². The van der Waals surface area contributed by atoms with Crippen molar-refractivity contribution in [1.29, 1.82) is 0 Å². The molecular weight excluding hydrogens is 278 g/mol. The number of carboxylic acids is 1. The van der Waals surface area contributed by atoms with Gasteiger partial charge in [0.2, 0.25) is 0 Å². The summed E-state index contributed by atoms with van der Waals surface area (Å²) in [5, 5.41) is 18.7. The summed E-state index contributed by atoms with van der Waals surface area (Å²) in [6, 6.07) is 6.78. The van der Waals surface area contributed by atoms with Crippen LogP contribution < -0.4 is 5.32 Å². The molecule has 0 saturated heterocycles. The summed E-state index contributed by atoms with van der Waals surface area (Å²) in [7, 11) is 0. The van der Waals surface area contributed by atoms with Gasteiger partial charge in [0.05, 0.1) is 0 Å². The molecule has 6 heteroatoms. The quantitative estimate of drug-likeness (QED) is 0.707. The monoisotopic (exact) mass is 287 g/mol. The van der Waals surface area contributed by atoms with E-state index in [2.05, 4.69) is 21.2 Å². The van der Waals surface area contributed by atoms with Crippen LogP contribution in [0.5, 0.6) is 0 Å². The van der Waals surface area contributed by atoms with E-state index in [1.165, 1.54) is 0 Å². The molecule has 2 atom stereocenters. The van der Waals surface area contributed by atoms with Gasteiger partial charge >= 0.3 is 5.97 Å². The molecule has 1 rings (SSSR count). The van der Waals surface area contributed by atoms with Crippen LogP contribution in [0, 0.1) is 0 Å². The van der Waals surface area contributed by atoms with Crippen molar-refractivity contribution in [2.45, 2.75) is 11.1 Å². The van der Waals surface area contributed by atoms with Gasteiger partial charge in [0, 0.05) is 5.56 Å². The number of carbonyl (C=O) groups is 2. The van der Waals surface area contributed by atoms with Crippen LogP contribution in [0.4, 0.5) is 0 Å². The number of amides is 1. The number of carboxylic acid groups (broad SMARTS) is 1. The van der Waals surface area contributed by atoms with Crippen LogP contribution in [0.3, 0.4) is 0 Å². The first-order valence-electron chi connectivity index (χ1n) is 4.43. The normalized spacial score (nSPS) is 13.9. The molecule has 0 heterocycles. The Bertz CT molecular complexity index is 380. The standard InChI is InChI=1S/C10H10BrNO4/c11-8(13)7(10(15)16)12-9(14)6-4-2-1-3-5-6/h1-5,7-8,13H,(H,12,14)(H,15,16)/t7-,8?/m0/s1. The highest BCUT2D eigenvalue weighted by atomic mass is 79.9. The lowest BCUT2D eigenvalue weighted by atomic mass is 10.2. The highest BCUT2D eigenvalue weighted by Crippen LogP contribution is 2.05. The zero-order valence-electron chi connectivity index (χ0n) is 8.13. The van der Waals surface area contributed by atoms with E-state index in [9.17, 15) is 9.59 Å². The SMILES string of the molecule is O=C(N[C@H](C(=O)O)C(O)Br)c1ccccc1. The number of nitrogens with one attached hydrogen (secondary N) is 1. The molecule has 0 aliphatic rings. The summed E-state index contributed by atoms with van der Waals surface area (Å²) >= 11 is 2.70. The Labute approximate surface area is 100 Å². The van der Waals surface area contributed by atoms with Crippen LogP contribution in [-0.2, 0) is 4.79 Å². The first kappa shape index (κ1) is 12.7. The van der Waals surface area contributed by atoms with Gasteiger partial charge in [0.1, 0.15) is 5.01 Å². The molecule has 0 aliphatic carbocycles. The lowest BCUT2D eigenvalue weighted by Crippen LogP contribution is -2.46. The van der Waals surface area contributed by atoms with Crippen LogP contribution >= 0.6 is 15.9 Å². The molecule has 0 aliphatic heterocycles. The molecule has 0 saturated carbocycles. The van der Waals surface area contributed by atoms with Gasteiger partial charge in [0.15, 0.2) is 6.04 Å². The maximum absolute atomic E-state index is 11.6. The first-order valence-corrected chi connectivity index (χ1v) is 5.35. The molecule has 1 amide bonds. The lowest BCUT2D eigenvalue weighted by molar-refractivity contribution is -0.140. The largest absolute Gasteiger partial charge is 0.480 e. The molecule has 0 radical (unpaired) electrons. The molecule has 1 unspecified atom stereocenters. The first-order chi connectivity index (χ1) is 7.52. The molecule has 1 aromatic carbocycles. The van der Waals surface area contributed by atoms with Crippen LogP contribution in [0.2, 0.25) is 0 Å². The highest BCUT2D eigenvalue weighted by Gasteiger charge is 2.26. The van der Waals surface area contributed by atoms with Gasteiger partial charge in [-0.1, -0.05) is 34.1 Å². The third-order valence-electron chi connectivity index (χ3n) is 1.86. The van der Waals surface area contributed by atoms with Crippen LogP contribution in [-0.4, -0.2) is 33.1 Å². The van der Waals surface area contributed by atoms with E-state index in [4.69, 9.17) is 10.2 Å². The molecule has 0 aromatic heterocycles. The van der Waals surface area contributed by atoms with Gasteiger partial charge in [-0.15, -0.1) is 0 Å². The summed E-state index contributed by atoms with van der Waals surface area (Å²) in [6.45, 7) is 0. The summed E-state index contributed by atoms with van der Waals surface area (Å²) in [5.41, 5.74) is 0.335. The number of rotatable bonds is 4. The minimum absolute atomic E-state index is 0.335. The van der Waals surface area contributed by atoms with E-state index in [0.29, 0.717) is 5.56 Å². The number of alkyl halides is 1. The second kappa shape index (κ2) is 5.62. The Morgan fingerprint density at radius 2 is 1.81 bits per heavy atom. The topological polar surface area (TPSA) is 86.6 Å². The Morgan fingerprint density at radius 3 is 2.25 bits per heavy atom. The number of hydrogen-bond donors (Lipinski definition) is 3. The number of halogens is 1. The zero-order valence-corrected chi connectivity index (χ0v) is 9.72. The van der Waals surface area contributed by atoms with Gasteiger partial charge in [-0.3, -0.25) is 4.79 Å². The third kappa shape index (κ3) is 3.32. The van der Waals surface area contributed by atoms with Crippen molar-refractivity contribution in [3.63, 3.8) is 0 Å². The van der Waals surface area contributed by atoms with E-state index < -0.39 is 22.9 Å². The fraction of sp³-hybridized carbons (Fsp3) is 0.200. The predicted octanol–water partition coefficient (Wildman–Crippen LogP) is 0.583. The summed E-state index contributed by atoms with van der Waals surface area (Å²) in [6.07, 6.45) is 0. The van der Waals surface area contributed by atoms with Gasteiger partial charge in [-0.25, -0.2) is 4.79 Å². The number of carbonyl (C=O) groups excluding carboxylic acids is 1. The van der Waals surface area contributed by atoms with Crippen molar-refractivity contribution in [3.8, 4) is 0 Å². The Balaban J connectivity index is 2.74. The number of aliphatic hydroxyl groups excluding tert-OH is 1. The van der Waals surface area contributed by atoms with Crippen LogP contribution in [0.1, 0.15) is 10.4 Å². The van der Waals surface area contributed by atoms with Crippen molar-refractivity contribution < 1.29 is 19.8 Å².